The van der Waals surface area contributed by atoms with Crippen LogP contribution in [0.4, 0.5) is 17.7 Å². The van der Waals surface area contributed by atoms with Crippen LogP contribution in [0.5, 0.6) is 0 Å². The second kappa shape index (κ2) is 8.03. The molecular weight excluding hydrogens is 450 g/mol. The van der Waals surface area contributed by atoms with Gasteiger partial charge in [0.2, 0.25) is 17.8 Å². The Labute approximate surface area is 188 Å². The monoisotopic (exact) mass is 473 g/mol. The second-order valence-electron chi connectivity index (χ2n) is 8.20. The van der Waals surface area contributed by atoms with E-state index in [2.05, 4.69) is 30.8 Å². The lowest BCUT2D eigenvalue weighted by molar-refractivity contribution is -0.122. The molecule has 1 unspecified atom stereocenters. The van der Waals surface area contributed by atoms with E-state index >= 15 is 0 Å². The minimum atomic E-state index is -3.09. The number of rotatable bonds is 6. The molecule has 0 bridgehead atoms. The van der Waals surface area contributed by atoms with Gasteiger partial charge in [-0.2, -0.15) is 15.1 Å². The zero-order chi connectivity index (χ0) is 23.2. The summed E-state index contributed by atoms with van der Waals surface area (Å²) in [7, 11) is -3.09. The number of nitrogens with zero attached hydrogens (tertiary/aromatic N) is 5. The number of fused-ring (bicyclic) bond motifs is 1. The van der Waals surface area contributed by atoms with E-state index in [0.29, 0.717) is 42.7 Å². The number of nitrogens with one attached hydrogen (secondary N) is 3. The van der Waals surface area contributed by atoms with Crippen LogP contribution in [0.3, 0.4) is 0 Å². The molecular formula is C19H23N9O4S. The van der Waals surface area contributed by atoms with E-state index in [-0.39, 0.29) is 29.1 Å². The number of H-pyrrole nitrogens is 1. The molecule has 13 nitrogen and oxygen atoms in total. The minimum absolute atomic E-state index is 0.0247. The average molecular weight is 474 g/mol. The molecule has 2 saturated heterocycles. The molecule has 2 fully saturated rings. The number of primary amides is 1. The van der Waals surface area contributed by atoms with Crippen LogP contribution in [0.1, 0.15) is 29.8 Å². The molecule has 2 atom stereocenters. The molecule has 3 aromatic heterocycles. The minimum Gasteiger partial charge on any atom is -0.364 e. The fourth-order valence-electron chi connectivity index (χ4n) is 4.25. The van der Waals surface area contributed by atoms with E-state index in [9.17, 15) is 18.0 Å². The Balaban J connectivity index is 1.40. The van der Waals surface area contributed by atoms with Gasteiger partial charge in [0, 0.05) is 24.8 Å². The third kappa shape index (κ3) is 4.20. The number of nitrogens with two attached hydrogens (primary N) is 1. The van der Waals surface area contributed by atoms with Gasteiger partial charge in [0.15, 0.2) is 15.7 Å². The lowest BCUT2D eigenvalue weighted by atomic mass is 10.2. The van der Waals surface area contributed by atoms with Crippen molar-refractivity contribution in [3.05, 3.63) is 30.1 Å². The molecule has 2 amide bonds. The van der Waals surface area contributed by atoms with Crippen LogP contribution in [-0.2, 0) is 14.6 Å². The Kier molecular flexibility index (Phi) is 5.15. The van der Waals surface area contributed by atoms with Crippen molar-refractivity contribution < 1.29 is 18.0 Å². The highest BCUT2D eigenvalue weighted by Gasteiger charge is 2.36. The lowest BCUT2D eigenvalue weighted by Crippen LogP contribution is -2.48. The molecule has 0 aromatic carbocycles. The lowest BCUT2D eigenvalue weighted by Gasteiger charge is -2.25. The molecule has 3 aromatic rings. The first-order valence-electron chi connectivity index (χ1n) is 10.5. The third-order valence-corrected chi connectivity index (χ3v) is 7.62. The molecule has 14 heteroatoms. The van der Waals surface area contributed by atoms with E-state index < -0.39 is 21.8 Å². The van der Waals surface area contributed by atoms with Gasteiger partial charge < -0.3 is 21.3 Å². The zero-order valence-electron chi connectivity index (χ0n) is 17.6. The number of anilines is 3. The topological polar surface area (TPSA) is 180 Å². The van der Waals surface area contributed by atoms with Crippen LogP contribution in [0.2, 0.25) is 0 Å². The summed E-state index contributed by atoms with van der Waals surface area (Å²) >= 11 is 0. The Morgan fingerprint density at radius 3 is 2.82 bits per heavy atom. The summed E-state index contributed by atoms with van der Waals surface area (Å²) in [5, 5.41) is 12.5. The molecule has 2 aliphatic heterocycles. The molecule has 2 aliphatic rings. The SMILES string of the molecule is NC(=O)c1cc(Nc2nc(N3CCC[C@H]3C(=O)NC3CCS(=O)(=O)C3)nc3cccn23)n[nH]1. The van der Waals surface area contributed by atoms with E-state index in [1.54, 1.807) is 10.6 Å². The van der Waals surface area contributed by atoms with E-state index in [4.69, 9.17) is 5.73 Å². The van der Waals surface area contributed by atoms with Crippen LogP contribution in [0.25, 0.3) is 5.65 Å². The van der Waals surface area contributed by atoms with Crippen molar-refractivity contribution in [2.75, 3.05) is 28.3 Å². The van der Waals surface area contributed by atoms with Gasteiger partial charge in [0.1, 0.15) is 17.4 Å². The van der Waals surface area contributed by atoms with Crippen LogP contribution in [-0.4, -0.2) is 74.9 Å². The molecule has 5 N–H and O–H groups in total. The van der Waals surface area contributed by atoms with Gasteiger partial charge in [0.05, 0.1) is 11.5 Å². The molecule has 5 heterocycles. The van der Waals surface area contributed by atoms with Crippen molar-refractivity contribution in [1.82, 2.24) is 29.9 Å². The molecule has 174 valence electrons. The Morgan fingerprint density at radius 2 is 2.09 bits per heavy atom. The number of sulfone groups is 1. The summed E-state index contributed by atoms with van der Waals surface area (Å²) in [6.45, 7) is 0.589. The maximum absolute atomic E-state index is 13.0. The zero-order valence-corrected chi connectivity index (χ0v) is 18.4. The standard InChI is InChI=1S/C19H23N9O4S/c20-16(29)12-9-14(26-25-12)22-18-24-19(23-15-4-2-7-28(15)18)27-6-1-3-13(27)17(30)21-11-5-8-33(31,32)10-11/h2,4,7,9,11,13H,1,3,5-6,8,10H2,(H2,20,29)(H,21,30)(H2,22,23,24,25,26)/t11?,13-/m0/s1. The van der Waals surface area contributed by atoms with Crippen molar-refractivity contribution >= 4 is 45.0 Å². The maximum Gasteiger partial charge on any atom is 0.266 e. The third-order valence-electron chi connectivity index (χ3n) is 5.85. The average Bonchev–Trinajstić information content (AvgIpc) is 3.54. The molecule has 0 spiro atoms. The van der Waals surface area contributed by atoms with Gasteiger partial charge in [-0.05, 0) is 31.4 Å². The van der Waals surface area contributed by atoms with E-state index in [0.717, 1.165) is 6.42 Å². The first kappa shape index (κ1) is 21.2. The van der Waals surface area contributed by atoms with E-state index in [1.807, 2.05) is 17.0 Å². The number of amides is 2. The summed E-state index contributed by atoms with van der Waals surface area (Å²) in [5.41, 5.74) is 6.04. The number of carbonyl (C=O) groups is 2. The number of aromatic nitrogens is 5. The van der Waals surface area contributed by atoms with Crippen LogP contribution in [0.15, 0.2) is 24.4 Å². The Hall–Kier alpha value is -3.68. The highest BCUT2D eigenvalue weighted by atomic mass is 32.2. The van der Waals surface area contributed by atoms with Crippen molar-refractivity contribution in [3.63, 3.8) is 0 Å². The van der Waals surface area contributed by atoms with Gasteiger partial charge in [-0.15, -0.1) is 0 Å². The highest BCUT2D eigenvalue weighted by molar-refractivity contribution is 7.91. The maximum atomic E-state index is 13.0. The second-order valence-corrected chi connectivity index (χ2v) is 10.4. The number of hydrogen-bond acceptors (Lipinski definition) is 9. The summed E-state index contributed by atoms with van der Waals surface area (Å²) in [6.07, 6.45) is 3.60. The Morgan fingerprint density at radius 1 is 1.24 bits per heavy atom. The predicted octanol–water partition coefficient (Wildman–Crippen LogP) is -0.433. The number of hydrogen-bond donors (Lipinski definition) is 4. The van der Waals surface area contributed by atoms with E-state index in [1.165, 1.54) is 6.07 Å². The first-order valence-corrected chi connectivity index (χ1v) is 12.4. The first-order chi connectivity index (χ1) is 15.8. The van der Waals surface area contributed by atoms with Crippen LogP contribution in [0, 0.1) is 0 Å². The van der Waals surface area contributed by atoms with Gasteiger partial charge in [-0.3, -0.25) is 19.1 Å². The largest absolute Gasteiger partial charge is 0.364 e. The summed E-state index contributed by atoms with van der Waals surface area (Å²) in [4.78, 5) is 35.4. The molecule has 5 rings (SSSR count). The molecule has 0 radical (unpaired) electrons. The Bertz CT molecular complexity index is 1330. The number of aromatic amines is 1. The van der Waals surface area contributed by atoms with Gasteiger partial charge in [-0.1, -0.05) is 0 Å². The van der Waals surface area contributed by atoms with Crippen LogP contribution < -0.4 is 21.3 Å². The van der Waals surface area contributed by atoms with Gasteiger partial charge in [0.25, 0.3) is 5.91 Å². The van der Waals surface area contributed by atoms with Crippen molar-refractivity contribution in [1.29, 1.82) is 0 Å². The van der Waals surface area contributed by atoms with Crippen LogP contribution >= 0.6 is 0 Å². The summed E-state index contributed by atoms with van der Waals surface area (Å²) < 4.78 is 25.2. The van der Waals surface area contributed by atoms with Gasteiger partial charge >= 0.3 is 0 Å². The number of carbonyl (C=O) groups excluding carboxylic acids is 2. The summed E-state index contributed by atoms with van der Waals surface area (Å²) in [5.74, 6) is 0.332. The fourth-order valence-corrected chi connectivity index (χ4v) is 5.92. The fraction of sp³-hybridized carbons (Fsp3) is 0.421. The summed E-state index contributed by atoms with van der Waals surface area (Å²) in [6, 6.07) is 4.24. The normalized spacial score (nSPS) is 22.0. The predicted molar refractivity (Wildman–Crippen MR) is 119 cm³/mol. The smallest absolute Gasteiger partial charge is 0.266 e. The highest BCUT2D eigenvalue weighted by Crippen LogP contribution is 2.26. The van der Waals surface area contributed by atoms with Crippen molar-refractivity contribution in [2.45, 2.75) is 31.3 Å². The van der Waals surface area contributed by atoms with Crippen molar-refractivity contribution in [3.8, 4) is 0 Å². The molecule has 0 saturated carbocycles. The van der Waals surface area contributed by atoms with Gasteiger partial charge in [-0.25, -0.2) is 8.42 Å². The van der Waals surface area contributed by atoms with Crippen molar-refractivity contribution in [2.24, 2.45) is 5.73 Å². The molecule has 33 heavy (non-hydrogen) atoms. The quantitative estimate of drug-likeness (QED) is 0.369. The molecule has 0 aliphatic carbocycles.